The van der Waals surface area contributed by atoms with Crippen molar-refractivity contribution in [2.24, 2.45) is 17.3 Å². The Morgan fingerprint density at radius 1 is 1.50 bits per heavy atom. The van der Waals surface area contributed by atoms with Crippen molar-refractivity contribution in [3.8, 4) is 12.3 Å². The molecule has 1 aromatic heterocycles. The third kappa shape index (κ3) is 3.82. The average molecular weight is 326 g/mol. The molecule has 2 atom stereocenters. The molecule has 1 saturated carbocycles. The van der Waals surface area contributed by atoms with E-state index in [1.165, 1.54) is 5.57 Å². The van der Waals surface area contributed by atoms with Crippen LogP contribution in [0.4, 0.5) is 0 Å². The number of rotatable bonds is 6. The highest BCUT2D eigenvalue weighted by Crippen LogP contribution is 2.59. The summed E-state index contributed by atoms with van der Waals surface area (Å²) in [5.74, 6) is 4.03. The molecule has 1 aliphatic carbocycles. The van der Waals surface area contributed by atoms with Gasteiger partial charge in [0.2, 0.25) is 0 Å². The maximum Gasteiger partial charge on any atom is 0.310 e. The van der Waals surface area contributed by atoms with Crippen molar-refractivity contribution in [2.45, 2.75) is 47.6 Å². The van der Waals surface area contributed by atoms with E-state index in [1.54, 1.807) is 0 Å². The summed E-state index contributed by atoms with van der Waals surface area (Å²) >= 11 is 0. The van der Waals surface area contributed by atoms with Crippen LogP contribution in [0.1, 0.15) is 44.8 Å². The van der Waals surface area contributed by atoms with Crippen LogP contribution in [0.3, 0.4) is 0 Å². The zero-order valence-corrected chi connectivity index (χ0v) is 15.2. The van der Waals surface area contributed by atoms with Gasteiger partial charge in [-0.2, -0.15) is 0 Å². The van der Waals surface area contributed by atoms with Crippen LogP contribution in [0.5, 0.6) is 0 Å². The van der Waals surface area contributed by atoms with E-state index in [1.807, 2.05) is 26.0 Å². The molecule has 0 aromatic carbocycles. The molecule has 1 aliphatic rings. The maximum absolute atomic E-state index is 12.5. The number of terminal acetylenes is 1. The summed E-state index contributed by atoms with van der Waals surface area (Å²) in [5, 5.41) is 0. The van der Waals surface area contributed by atoms with Crippen molar-refractivity contribution in [3.63, 3.8) is 0 Å². The molecular weight excluding hydrogens is 300 g/mol. The van der Waals surface area contributed by atoms with E-state index in [0.717, 1.165) is 17.1 Å². The highest BCUT2D eigenvalue weighted by atomic mass is 16.5. The monoisotopic (exact) mass is 326 g/mol. The first-order chi connectivity index (χ1) is 11.3. The molecule has 2 rings (SSSR count). The van der Waals surface area contributed by atoms with E-state index in [2.05, 4.69) is 38.8 Å². The summed E-state index contributed by atoms with van der Waals surface area (Å²) in [6.45, 7) is 10.3. The molecule has 0 amide bonds. The van der Waals surface area contributed by atoms with Crippen LogP contribution in [-0.4, -0.2) is 5.97 Å². The maximum atomic E-state index is 12.5. The van der Waals surface area contributed by atoms with Gasteiger partial charge in [-0.1, -0.05) is 43.6 Å². The number of ether oxygens (including phenoxy) is 1. The van der Waals surface area contributed by atoms with E-state index in [4.69, 9.17) is 15.6 Å². The van der Waals surface area contributed by atoms with Crippen molar-refractivity contribution >= 4 is 5.97 Å². The van der Waals surface area contributed by atoms with Crippen molar-refractivity contribution in [1.29, 1.82) is 0 Å². The molecule has 0 spiro atoms. The van der Waals surface area contributed by atoms with E-state index in [-0.39, 0.29) is 29.8 Å². The molecule has 3 heteroatoms. The lowest BCUT2D eigenvalue weighted by atomic mass is 10.1. The van der Waals surface area contributed by atoms with Crippen LogP contribution in [0.25, 0.3) is 0 Å². The van der Waals surface area contributed by atoms with Gasteiger partial charge in [-0.15, -0.1) is 6.42 Å². The van der Waals surface area contributed by atoms with Gasteiger partial charge in [0.25, 0.3) is 0 Å². The Morgan fingerprint density at radius 3 is 2.83 bits per heavy atom. The van der Waals surface area contributed by atoms with E-state index in [9.17, 15) is 4.79 Å². The predicted molar refractivity (Wildman–Crippen MR) is 95.1 cm³/mol. The molecule has 0 N–H and O–H groups in total. The third-order valence-corrected chi connectivity index (χ3v) is 4.75. The smallest absolute Gasteiger partial charge is 0.310 e. The average Bonchev–Trinajstić information content (AvgIpc) is 2.85. The number of carbonyl (C=O) groups excluding carboxylic acids is 1. The molecule has 1 aromatic rings. The molecule has 0 bridgehead atoms. The van der Waals surface area contributed by atoms with Crippen LogP contribution in [0.15, 0.2) is 34.3 Å². The zero-order valence-electron chi connectivity index (χ0n) is 15.2. The second-order valence-corrected chi connectivity index (χ2v) is 7.02. The van der Waals surface area contributed by atoms with Crippen LogP contribution in [0.2, 0.25) is 0 Å². The Bertz CT molecular complexity index is 710. The number of aryl methyl sites for hydroxylation is 1. The Kier molecular flexibility index (Phi) is 5.39. The second kappa shape index (κ2) is 7.13. The van der Waals surface area contributed by atoms with Gasteiger partial charge in [0, 0.05) is 5.56 Å². The van der Waals surface area contributed by atoms with Crippen LogP contribution in [0, 0.1) is 36.5 Å². The quantitative estimate of drug-likeness (QED) is 0.436. The predicted octanol–water partition coefficient (Wildman–Crippen LogP) is 4.60. The van der Waals surface area contributed by atoms with Crippen molar-refractivity contribution < 1.29 is 13.9 Å². The fourth-order valence-corrected chi connectivity index (χ4v) is 3.20. The lowest BCUT2D eigenvalue weighted by molar-refractivity contribution is -0.147. The lowest BCUT2D eigenvalue weighted by Gasteiger charge is -2.04. The minimum absolute atomic E-state index is 0.0556. The molecule has 0 aliphatic heterocycles. The lowest BCUT2D eigenvalue weighted by Crippen LogP contribution is -2.10. The molecule has 3 nitrogen and oxygen atoms in total. The summed E-state index contributed by atoms with van der Waals surface area (Å²) in [6.07, 6.45) is 12.0. The van der Waals surface area contributed by atoms with Gasteiger partial charge in [0.05, 0.1) is 12.3 Å². The van der Waals surface area contributed by atoms with Gasteiger partial charge in [0.15, 0.2) is 0 Å². The van der Waals surface area contributed by atoms with E-state index >= 15 is 0 Å². The van der Waals surface area contributed by atoms with E-state index < -0.39 is 0 Å². The number of hydrogen-bond donors (Lipinski definition) is 0. The molecule has 0 saturated heterocycles. The van der Waals surface area contributed by atoms with Gasteiger partial charge in [-0.05, 0) is 38.2 Å². The van der Waals surface area contributed by atoms with Crippen LogP contribution < -0.4 is 0 Å². The fourth-order valence-electron chi connectivity index (χ4n) is 3.20. The topological polar surface area (TPSA) is 39.4 Å². The largest absolute Gasteiger partial charge is 0.465 e. The first kappa shape index (κ1) is 18.1. The molecule has 1 heterocycles. The highest BCUT2D eigenvalue weighted by molar-refractivity contribution is 5.78. The molecule has 128 valence electrons. The first-order valence-electron chi connectivity index (χ1n) is 8.30. The zero-order chi connectivity index (χ0) is 17.9. The fraction of sp³-hybridized carbons (Fsp3) is 0.476. The number of furan rings is 1. The second-order valence-electron chi connectivity index (χ2n) is 7.02. The van der Waals surface area contributed by atoms with Gasteiger partial charge in [-0.3, -0.25) is 4.79 Å². The van der Waals surface area contributed by atoms with Gasteiger partial charge in [-0.25, -0.2) is 0 Å². The summed E-state index contributed by atoms with van der Waals surface area (Å²) < 4.78 is 11.1. The minimum Gasteiger partial charge on any atom is -0.465 e. The Morgan fingerprint density at radius 2 is 2.21 bits per heavy atom. The highest BCUT2D eigenvalue weighted by Gasteiger charge is 2.61. The number of hydrogen-bond acceptors (Lipinski definition) is 3. The molecule has 1 fully saturated rings. The Balaban J connectivity index is 1.98. The Labute approximate surface area is 144 Å². The molecular formula is C21H26O3. The Hall–Kier alpha value is -2.21. The summed E-state index contributed by atoms with van der Waals surface area (Å²) in [6, 6.07) is 1.87. The van der Waals surface area contributed by atoms with Gasteiger partial charge >= 0.3 is 5.97 Å². The summed E-state index contributed by atoms with van der Waals surface area (Å²) in [5.41, 5.74) is 2.00. The van der Waals surface area contributed by atoms with Gasteiger partial charge < -0.3 is 9.15 Å². The number of esters is 1. The number of allylic oxidation sites excluding steroid dienone is 4. The molecule has 0 radical (unpaired) electrons. The van der Waals surface area contributed by atoms with Crippen molar-refractivity contribution in [1.82, 2.24) is 0 Å². The third-order valence-electron chi connectivity index (χ3n) is 4.75. The van der Waals surface area contributed by atoms with Crippen molar-refractivity contribution in [2.75, 3.05) is 0 Å². The minimum atomic E-state index is -0.145. The first-order valence-corrected chi connectivity index (χ1v) is 8.30. The SMILES string of the molecule is C#CCc1cc(COC(=O)C2C(C=C(C)C=CC)C2(C)C)c(C)o1. The number of carbonyl (C=O) groups is 1. The van der Waals surface area contributed by atoms with E-state index in [0.29, 0.717) is 6.42 Å². The van der Waals surface area contributed by atoms with Crippen molar-refractivity contribution in [3.05, 3.63) is 47.0 Å². The van der Waals surface area contributed by atoms with Crippen LogP contribution >= 0.6 is 0 Å². The summed E-state index contributed by atoms with van der Waals surface area (Å²) in [7, 11) is 0. The van der Waals surface area contributed by atoms with Gasteiger partial charge in [0.1, 0.15) is 18.1 Å². The van der Waals surface area contributed by atoms with Crippen LogP contribution in [-0.2, 0) is 22.6 Å². The standard InChI is InChI=1S/C21H26O3/c1-7-9-14(3)11-18-19(21(18,5)6)20(22)23-13-16-12-17(10-8-2)24-15(16)4/h2,7,9,11-12,18-19H,10,13H2,1,3-6H3. The normalized spacial score (nSPS) is 22.4. The molecule has 24 heavy (non-hydrogen) atoms. The summed E-state index contributed by atoms with van der Waals surface area (Å²) in [4.78, 5) is 12.5. The molecule has 2 unspecified atom stereocenters.